The molecule has 2 aromatic carbocycles. The lowest BCUT2D eigenvalue weighted by atomic mass is 9.98. The minimum absolute atomic E-state index is 0.157. The number of methoxy groups -OCH3 is 2. The van der Waals surface area contributed by atoms with E-state index in [0.29, 0.717) is 35.8 Å². The van der Waals surface area contributed by atoms with Crippen LogP contribution in [0.2, 0.25) is 39.3 Å². The van der Waals surface area contributed by atoms with Gasteiger partial charge in [0.05, 0.1) is 86.3 Å². The molecule has 2 aromatic rings. The van der Waals surface area contributed by atoms with Gasteiger partial charge in [-0.25, -0.2) is 0 Å². The zero-order valence-corrected chi connectivity index (χ0v) is 53.8. The standard InChI is InChI=1S/C54H98N2O14P2Si2/c1-25-53(15)61-33-41-45(59-17)29-27-39(47(41)65-53)43(35-63-73(19,20)21)55(37-71(57,67-49(3,4)5)68-50(6,7)8)31-32-56(38-72(58,69-51(9,10)11)70-52(12,13)14)44(36-64-74(22,23)24)40-28-30-46(60-18)42-34-62-54(16,26-2)66-48(40)42/h27-30,43-44H,25-26,31-38H2,1-24H3. The summed E-state index contributed by atoms with van der Waals surface area (Å²) in [4.78, 5) is 4.24. The molecule has 0 aromatic heterocycles. The molecule has 426 valence electrons. The average molecular weight is 1120 g/mol. The summed E-state index contributed by atoms with van der Waals surface area (Å²) < 4.78 is 110. The SMILES string of the molecule is CCC1(C)OCc2c(OC)ccc(C(CO[Si](C)(C)C)N(CCN(CP(=O)(OC(C)(C)C)OC(C)(C)C)C(CO[Si](C)(C)C)c3ccc(OC)c4c3OC(C)(CC)OC4)CP(=O)(OC(C)(C)C)OC(C)(C)C)c2O1. The van der Waals surface area contributed by atoms with E-state index < -0.39 is 77.9 Å². The summed E-state index contributed by atoms with van der Waals surface area (Å²) in [6, 6.07) is 6.64. The van der Waals surface area contributed by atoms with Crippen LogP contribution in [-0.4, -0.2) is 114 Å². The van der Waals surface area contributed by atoms with Crippen molar-refractivity contribution in [1.29, 1.82) is 0 Å². The van der Waals surface area contributed by atoms with Gasteiger partial charge in [-0.05, 0) is 147 Å². The third kappa shape index (κ3) is 19.5. The van der Waals surface area contributed by atoms with Crippen LogP contribution in [0.15, 0.2) is 24.3 Å². The first-order chi connectivity index (χ1) is 33.6. The molecule has 74 heavy (non-hydrogen) atoms. The fourth-order valence-electron chi connectivity index (χ4n) is 8.58. The van der Waals surface area contributed by atoms with Gasteiger partial charge < -0.3 is 55.4 Å². The highest BCUT2D eigenvalue weighted by Gasteiger charge is 2.45. The number of hydrogen-bond acceptors (Lipinski definition) is 16. The molecule has 0 N–H and O–H groups in total. The van der Waals surface area contributed by atoms with E-state index in [2.05, 4.69) is 49.1 Å². The number of ether oxygens (including phenoxy) is 6. The molecule has 4 atom stereocenters. The summed E-state index contributed by atoms with van der Waals surface area (Å²) in [5.74, 6) is 0.583. The molecule has 0 fully saturated rings. The zero-order chi connectivity index (χ0) is 56.3. The minimum Gasteiger partial charge on any atom is -0.496 e. The van der Waals surface area contributed by atoms with E-state index in [-0.39, 0.29) is 52.1 Å². The normalized spacial score (nSPS) is 20.2. The van der Waals surface area contributed by atoms with Crippen molar-refractivity contribution in [3.63, 3.8) is 0 Å². The van der Waals surface area contributed by atoms with Crippen molar-refractivity contribution < 1.29 is 64.5 Å². The molecular formula is C54H98N2O14P2Si2. The summed E-state index contributed by atoms with van der Waals surface area (Å²) >= 11 is 0. The molecule has 0 amide bonds. The van der Waals surface area contributed by atoms with Gasteiger partial charge in [0.15, 0.2) is 16.6 Å². The van der Waals surface area contributed by atoms with E-state index in [0.717, 1.165) is 22.3 Å². The molecule has 4 rings (SSSR count). The molecule has 2 aliphatic heterocycles. The van der Waals surface area contributed by atoms with Crippen LogP contribution < -0.4 is 18.9 Å². The Kier molecular flexibility index (Phi) is 21.2. The quantitative estimate of drug-likeness (QED) is 0.0684. The Morgan fingerprint density at radius 1 is 0.554 bits per heavy atom. The maximum absolute atomic E-state index is 15.9. The molecule has 0 spiro atoms. The minimum atomic E-state index is -4.05. The van der Waals surface area contributed by atoms with Gasteiger partial charge in [0.25, 0.3) is 0 Å². The number of benzene rings is 2. The van der Waals surface area contributed by atoms with Gasteiger partial charge in [-0.1, -0.05) is 13.8 Å². The van der Waals surface area contributed by atoms with E-state index >= 15 is 9.13 Å². The first-order valence-electron chi connectivity index (χ1n) is 26.4. The summed E-state index contributed by atoms with van der Waals surface area (Å²) in [6.45, 7) is 44.6. The van der Waals surface area contributed by atoms with E-state index in [1.807, 2.05) is 135 Å². The molecule has 0 saturated heterocycles. The number of rotatable bonds is 25. The van der Waals surface area contributed by atoms with Gasteiger partial charge >= 0.3 is 15.2 Å². The van der Waals surface area contributed by atoms with Crippen molar-refractivity contribution in [3.05, 3.63) is 46.5 Å². The number of nitrogens with zero attached hydrogens (tertiary/aromatic N) is 2. The second kappa shape index (κ2) is 24.2. The van der Waals surface area contributed by atoms with Gasteiger partial charge in [-0.15, -0.1) is 0 Å². The first kappa shape index (κ1) is 64.7. The first-order valence-corrected chi connectivity index (χ1v) is 36.7. The van der Waals surface area contributed by atoms with E-state index in [4.69, 9.17) is 55.4 Å². The Labute approximate surface area is 449 Å². The lowest BCUT2D eigenvalue weighted by Crippen LogP contribution is -2.46. The highest BCUT2D eigenvalue weighted by molar-refractivity contribution is 7.54. The van der Waals surface area contributed by atoms with Crippen molar-refractivity contribution >= 4 is 31.8 Å². The van der Waals surface area contributed by atoms with Crippen LogP contribution in [0.4, 0.5) is 0 Å². The third-order valence-corrected chi connectivity index (χ3v) is 18.7. The highest BCUT2D eigenvalue weighted by Crippen LogP contribution is 2.58. The fourth-order valence-corrected chi connectivity index (χ4v) is 15.1. The van der Waals surface area contributed by atoms with Gasteiger partial charge in [-0.2, -0.15) is 0 Å². The Morgan fingerprint density at radius 2 is 0.851 bits per heavy atom. The van der Waals surface area contributed by atoms with Crippen LogP contribution in [0.3, 0.4) is 0 Å². The second-order valence-electron chi connectivity index (χ2n) is 25.9. The van der Waals surface area contributed by atoms with Crippen LogP contribution in [0.25, 0.3) is 0 Å². The maximum atomic E-state index is 15.9. The van der Waals surface area contributed by atoms with Gasteiger partial charge in [-0.3, -0.25) is 18.9 Å². The lowest BCUT2D eigenvalue weighted by Gasteiger charge is -2.43. The van der Waals surface area contributed by atoms with Gasteiger partial charge in [0.1, 0.15) is 35.6 Å². The zero-order valence-electron chi connectivity index (χ0n) is 50.0. The largest absolute Gasteiger partial charge is 0.496 e. The Morgan fingerprint density at radius 3 is 1.09 bits per heavy atom. The molecule has 2 aliphatic rings. The van der Waals surface area contributed by atoms with Crippen LogP contribution in [0.1, 0.15) is 158 Å². The van der Waals surface area contributed by atoms with E-state index in [1.165, 1.54) is 0 Å². The fraction of sp³-hybridized carbons (Fsp3) is 0.778. The molecule has 0 aliphatic carbocycles. The number of fused-ring (bicyclic) bond motifs is 2. The summed E-state index contributed by atoms with van der Waals surface area (Å²) in [5, 5.41) is 0. The van der Waals surface area contributed by atoms with E-state index in [1.54, 1.807) is 14.2 Å². The van der Waals surface area contributed by atoms with Crippen molar-refractivity contribution in [1.82, 2.24) is 9.80 Å². The molecule has 4 unspecified atom stereocenters. The van der Waals surface area contributed by atoms with Crippen molar-refractivity contribution in [2.24, 2.45) is 0 Å². The predicted molar refractivity (Wildman–Crippen MR) is 300 cm³/mol. The summed E-state index contributed by atoms with van der Waals surface area (Å²) in [6.07, 6.45) is 0.829. The molecule has 0 bridgehead atoms. The number of hydrogen-bond donors (Lipinski definition) is 0. The monoisotopic (exact) mass is 1120 g/mol. The van der Waals surface area contributed by atoms with Crippen molar-refractivity contribution in [2.75, 3.05) is 53.1 Å². The maximum Gasteiger partial charge on any atom is 0.345 e. The van der Waals surface area contributed by atoms with Crippen LogP contribution in [0, 0.1) is 0 Å². The molecule has 20 heteroatoms. The molecule has 16 nitrogen and oxygen atoms in total. The van der Waals surface area contributed by atoms with Crippen molar-refractivity contribution in [3.8, 4) is 23.0 Å². The van der Waals surface area contributed by atoms with Crippen LogP contribution >= 0.6 is 15.2 Å². The Bertz CT molecular complexity index is 2080. The topological polar surface area (TPSA) is 151 Å². The summed E-state index contributed by atoms with van der Waals surface area (Å²) in [7, 11) is -9.32. The highest BCUT2D eigenvalue weighted by atomic mass is 31.2. The van der Waals surface area contributed by atoms with Gasteiger partial charge in [0.2, 0.25) is 11.6 Å². The second-order valence-corrected chi connectivity index (χ2v) is 38.7. The molecule has 0 saturated carbocycles. The average Bonchev–Trinajstić information content (AvgIpc) is 3.21. The van der Waals surface area contributed by atoms with Crippen LogP contribution in [0.5, 0.6) is 23.0 Å². The van der Waals surface area contributed by atoms with Crippen LogP contribution in [-0.2, 0) is 58.8 Å². The molecule has 0 radical (unpaired) electrons. The van der Waals surface area contributed by atoms with E-state index in [9.17, 15) is 0 Å². The molecule has 2 heterocycles. The lowest BCUT2D eigenvalue weighted by molar-refractivity contribution is -0.196. The Balaban J connectivity index is 2.15. The third-order valence-electron chi connectivity index (χ3n) is 11.9. The molecular weight excluding hydrogens is 1020 g/mol. The summed E-state index contributed by atoms with van der Waals surface area (Å²) in [5.41, 5.74) is -0.366. The van der Waals surface area contributed by atoms with Gasteiger partial charge in [0, 0.05) is 50.9 Å². The Hall–Kier alpha value is -1.87. The smallest absolute Gasteiger partial charge is 0.345 e. The van der Waals surface area contributed by atoms with Crippen molar-refractivity contribution in [2.45, 2.75) is 222 Å². The predicted octanol–water partition coefficient (Wildman–Crippen LogP) is 14.4.